The molecule has 0 nitrogen and oxygen atoms in total. The Morgan fingerprint density at radius 3 is 1.29 bits per heavy atom. The van der Waals surface area contributed by atoms with Gasteiger partial charge in [0.05, 0.1) is 0 Å². The minimum absolute atomic E-state index is 0. The molecule has 0 spiro atoms. The average molecular weight is 479 g/mol. The van der Waals surface area contributed by atoms with Crippen molar-refractivity contribution in [3.63, 3.8) is 0 Å². The first-order valence-electron chi connectivity index (χ1n) is 8.51. The van der Waals surface area contributed by atoms with E-state index in [1.807, 2.05) is 6.56 Å². The van der Waals surface area contributed by atoms with Crippen LogP contribution in [0.15, 0.2) is 41.3 Å². The smallest absolute Gasteiger partial charge is 1.00 e. The molecule has 0 aliphatic heterocycles. The first-order chi connectivity index (χ1) is 10.00. The maximum atomic E-state index is 2.63. The summed E-state index contributed by atoms with van der Waals surface area (Å²) in [4.78, 5) is 0. The van der Waals surface area contributed by atoms with Gasteiger partial charge in [-0.1, -0.05) is 0 Å². The summed E-state index contributed by atoms with van der Waals surface area (Å²) in [6, 6.07) is 0. The molecule has 0 heterocycles. The molecule has 0 bridgehead atoms. The maximum Gasteiger partial charge on any atom is -1.00 e. The molecule has 0 radical (unpaired) electrons. The summed E-state index contributed by atoms with van der Waals surface area (Å²) >= 11 is -1.73. The predicted molar refractivity (Wildman–Crippen MR) is 105 cm³/mol. The van der Waals surface area contributed by atoms with Crippen LogP contribution in [0.3, 0.4) is 0 Å². The summed E-state index contributed by atoms with van der Waals surface area (Å²) in [7, 11) is -2.30. The number of halogens is 2. The Morgan fingerprint density at radius 1 is 0.750 bits per heavy atom. The fourth-order valence-corrected chi connectivity index (χ4v) is 13.8. The summed E-state index contributed by atoms with van der Waals surface area (Å²) in [5, 5.41) is 3.39. The van der Waals surface area contributed by atoms with Gasteiger partial charge in [-0.15, -0.1) is 0 Å². The molecule has 0 aromatic carbocycles. The van der Waals surface area contributed by atoms with Gasteiger partial charge in [0.25, 0.3) is 0 Å². The predicted octanol–water partition coefficient (Wildman–Crippen LogP) is 0.00760. The molecule has 2 aliphatic rings. The van der Waals surface area contributed by atoms with Crippen LogP contribution in [-0.4, -0.2) is 19.4 Å². The zero-order valence-corrected chi connectivity index (χ0v) is 22.4. The third-order valence-corrected chi connectivity index (χ3v) is 16.1. The molecular formula is C19H32Cl2Si2Zr. The van der Waals surface area contributed by atoms with Gasteiger partial charge >= 0.3 is 148 Å². The van der Waals surface area contributed by atoms with Crippen molar-refractivity contribution in [1.29, 1.82) is 0 Å². The summed E-state index contributed by atoms with van der Waals surface area (Å²) < 4.78 is 5.41. The zero-order valence-electron chi connectivity index (χ0n) is 16.5. The van der Waals surface area contributed by atoms with E-state index in [1.165, 1.54) is 12.8 Å². The molecule has 24 heavy (non-hydrogen) atoms. The summed E-state index contributed by atoms with van der Waals surface area (Å²) in [6.07, 6.45) is 12.8. The second kappa shape index (κ2) is 9.09. The van der Waals surface area contributed by atoms with Crippen LogP contribution in [0, 0.1) is 0 Å². The van der Waals surface area contributed by atoms with Gasteiger partial charge in [0.15, 0.2) is 0 Å². The Bertz CT molecular complexity index is 585. The van der Waals surface area contributed by atoms with Crippen molar-refractivity contribution in [2.24, 2.45) is 0 Å². The third kappa shape index (κ3) is 5.88. The largest absolute Gasteiger partial charge is 1.00 e. The van der Waals surface area contributed by atoms with Crippen LogP contribution in [0.2, 0.25) is 39.3 Å². The van der Waals surface area contributed by atoms with Crippen LogP contribution in [0.4, 0.5) is 0 Å². The van der Waals surface area contributed by atoms with E-state index < -0.39 is 37.4 Å². The van der Waals surface area contributed by atoms with Crippen molar-refractivity contribution in [2.45, 2.75) is 66.0 Å². The Hall–Kier alpha value is 0.727. The van der Waals surface area contributed by atoms with Crippen LogP contribution in [0.25, 0.3) is 0 Å². The molecule has 5 heteroatoms. The third-order valence-electron chi connectivity index (χ3n) is 4.62. The molecular weight excluding hydrogens is 447 g/mol. The molecule has 0 unspecified atom stereocenters. The van der Waals surface area contributed by atoms with Gasteiger partial charge in [-0.05, 0) is 0 Å². The van der Waals surface area contributed by atoms with E-state index in [0.29, 0.717) is 0 Å². The van der Waals surface area contributed by atoms with Crippen molar-refractivity contribution in [1.82, 2.24) is 0 Å². The average Bonchev–Trinajstić information content (AvgIpc) is 2.95. The van der Waals surface area contributed by atoms with Crippen molar-refractivity contribution in [3.05, 3.63) is 41.3 Å². The molecule has 0 aromatic rings. The molecule has 134 valence electrons. The molecule has 0 saturated carbocycles. The summed E-state index contributed by atoms with van der Waals surface area (Å²) in [5.41, 5.74) is 0. The van der Waals surface area contributed by atoms with Gasteiger partial charge in [-0.3, -0.25) is 0 Å². The Kier molecular flexibility index (Phi) is 9.36. The zero-order chi connectivity index (χ0) is 16.7. The van der Waals surface area contributed by atoms with Gasteiger partial charge in [-0.25, -0.2) is 0 Å². The molecule has 0 aromatic heterocycles. The molecule has 0 N–H and O–H groups in total. The molecule has 0 fully saturated rings. The van der Waals surface area contributed by atoms with E-state index in [9.17, 15) is 0 Å². The van der Waals surface area contributed by atoms with Gasteiger partial charge in [0, 0.05) is 0 Å². The fourth-order valence-electron chi connectivity index (χ4n) is 3.29. The quantitative estimate of drug-likeness (QED) is 0.500. The Balaban J connectivity index is 0.00000264. The van der Waals surface area contributed by atoms with Crippen LogP contribution in [0.1, 0.15) is 26.7 Å². The normalized spacial score (nSPS) is 16.8. The van der Waals surface area contributed by atoms with Gasteiger partial charge in [0.2, 0.25) is 0 Å². The van der Waals surface area contributed by atoms with Gasteiger partial charge in [0.1, 0.15) is 0 Å². The Labute approximate surface area is 171 Å². The van der Waals surface area contributed by atoms with E-state index in [4.69, 9.17) is 0 Å². The van der Waals surface area contributed by atoms with Crippen LogP contribution in [-0.2, 0) is 21.3 Å². The number of hydrogen-bond acceptors (Lipinski definition) is 0. The van der Waals surface area contributed by atoms with Crippen molar-refractivity contribution in [3.8, 4) is 0 Å². The second-order valence-electron chi connectivity index (χ2n) is 8.94. The van der Waals surface area contributed by atoms with E-state index in [2.05, 4.69) is 77.4 Å². The topological polar surface area (TPSA) is 0 Å². The Morgan fingerprint density at radius 2 is 1.08 bits per heavy atom. The number of rotatable bonds is 4. The first-order valence-corrected chi connectivity index (χ1v) is 19.2. The van der Waals surface area contributed by atoms with Gasteiger partial charge in [-0.2, -0.15) is 0 Å². The van der Waals surface area contributed by atoms with Crippen molar-refractivity contribution in [2.75, 3.05) is 0 Å². The van der Waals surface area contributed by atoms with Gasteiger partial charge < -0.3 is 24.8 Å². The first kappa shape index (κ1) is 24.7. The van der Waals surface area contributed by atoms with E-state index >= 15 is 0 Å². The minimum atomic E-state index is -1.73. The van der Waals surface area contributed by atoms with Crippen LogP contribution in [0.5, 0.6) is 0 Å². The minimum Gasteiger partial charge on any atom is -1.00 e. The van der Waals surface area contributed by atoms with Crippen LogP contribution >= 0.6 is 0 Å². The molecule has 0 atom stereocenters. The molecule has 2 rings (SSSR count). The summed E-state index contributed by atoms with van der Waals surface area (Å²) in [6.45, 7) is 19.7. The summed E-state index contributed by atoms with van der Waals surface area (Å²) in [5.74, 6) is 0. The number of allylic oxidation sites excluding steroid dienone is 8. The maximum absolute atomic E-state index is 2.63. The monoisotopic (exact) mass is 476 g/mol. The van der Waals surface area contributed by atoms with E-state index in [0.717, 1.165) is 0 Å². The molecule has 0 amide bonds. The van der Waals surface area contributed by atoms with E-state index in [1.54, 1.807) is 13.6 Å². The van der Waals surface area contributed by atoms with Crippen LogP contribution < -0.4 is 24.8 Å². The van der Waals surface area contributed by atoms with Crippen molar-refractivity contribution < 1.29 is 46.1 Å². The number of hydrogen-bond donors (Lipinski definition) is 0. The SMILES string of the molecule is C[C](C)=[Zr+2]([C]1=CC([Si](C)(C)C)=CC1)[C]1=CC([Si](C)(C)C)=CC1.[Cl-].[Cl-]. The molecule has 2 aliphatic carbocycles. The van der Waals surface area contributed by atoms with E-state index in [-0.39, 0.29) is 24.8 Å². The fraction of sp³-hybridized carbons (Fsp3) is 0.526. The second-order valence-corrected chi connectivity index (χ2v) is 26.6. The van der Waals surface area contributed by atoms with Crippen molar-refractivity contribution >= 4 is 19.4 Å². The standard InChI is InChI=1S/2C8H13Si.C3H6.2ClH.Zr/c2*1-9(2,3)8-6-4-5-7-8;1-3-2;;;/h2*6-7H,4H2,1-3H3;1-2H3;2*1H;/q;;;;;+2/p-2. The molecule has 0 saturated heterocycles.